The van der Waals surface area contributed by atoms with Gasteiger partial charge in [0.25, 0.3) is 11.1 Å². The van der Waals surface area contributed by atoms with E-state index in [1.165, 1.54) is 30.3 Å². The Morgan fingerprint density at radius 3 is 2.68 bits per heavy atom. The average Bonchev–Trinajstić information content (AvgIpc) is 3.29. The number of benzene rings is 1. The van der Waals surface area contributed by atoms with Crippen LogP contribution in [0.15, 0.2) is 40.4 Å². The number of nitrogens with zero attached hydrogens (tertiary/aromatic N) is 6. The lowest BCUT2D eigenvalue weighted by molar-refractivity contribution is -0.138. The summed E-state index contributed by atoms with van der Waals surface area (Å²) in [5, 5.41) is 5.51. The lowest BCUT2D eigenvalue weighted by Crippen LogP contribution is -2.35. The Labute approximate surface area is 230 Å². The molecule has 41 heavy (non-hydrogen) atoms. The number of H-pyrrole nitrogens is 1. The molecule has 1 fully saturated rings. The van der Waals surface area contributed by atoms with Crippen molar-refractivity contribution in [3.63, 3.8) is 0 Å². The number of methoxy groups -OCH3 is 1. The van der Waals surface area contributed by atoms with Gasteiger partial charge in [-0.05, 0) is 37.3 Å². The molecule has 4 heterocycles. The molecule has 0 unspecified atom stereocenters. The number of alkyl halides is 3. The Bertz CT molecular complexity index is 1720. The number of aryl methyl sites for hydroxylation is 1. The summed E-state index contributed by atoms with van der Waals surface area (Å²) in [6, 6.07) is 2.14. The highest BCUT2D eigenvalue weighted by atomic mass is 19.4. The van der Waals surface area contributed by atoms with Crippen LogP contribution < -0.4 is 26.5 Å². The van der Waals surface area contributed by atoms with Crippen LogP contribution in [0.1, 0.15) is 31.7 Å². The van der Waals surface area contributed by atoms with Gasteiger partial charge in [0.1, 0.15) is 11.4 Å². The van der Waals surface area contributed by atoms with E-state index < -0.39 is 28.7 Å². The van der Waals surface area contributed by atoms with Crippen LogP contribution in [0.2, 0.25) is 0 Å². The highest BCUT2D eigenvalue weighted by Crippen LogP contribution is 2.38. The standard InChI is InChI=1S/C26H26F4N8O3/c1-13-6-14(38(11-13)19-9-34-36-24(39)21(19)26(28,29)30)4-3-5-37-12-33-18-8-15(17(27)7-16(18)25(37)40)23-32-10-20(41-2)22(31)35-23/h7-10,12-14H,3-6,11H2,1-2H3,(H,36,39)(H2,31,32,35)/t13-,14-/m1/s1. The molecule has 11 nitrogen and oxygen atoms in total. The van der Waals surface area contributed by atoms with Crippen molar-refractivity contribution < 1.29 is 22.3 Å². The van der Waals surface area contributed by atoms with Crippen molar-refractivity contribution in [1.82, 2.24) is 29.7 Å². The Morgan fingerprint density at radius 1 is 1.20 bits per heavy atom. The van der Waals surface area contributed by atoms with E-state index in [0.717, 1.165) is 12.3 Å². The van der Waals surface area contributed by atoms with E-state index in [-0.39, 0.29) is 58.1 Å². The third-order valence-corrected chi connectivity index (χ3v) is 7.15. The summed E-state index contributed by atoms with van der Waals surface area (Å²) in [5.41, 5.74) is 2.77. The highest BCUT2D eigenvalue weighted by Gasteiger charge is 2.41. The Balaban J connectivity index is 1.35. The van der Waals surface area contributed by atoms with Crippen molar-refractivity contribution in [2.45, 2.75) is 44.9 Å². The van der Waals surface area contributed by atoms with Crippen molar-refractivity contribution in [1.29, 1.82) is 0 Å². The normalized spacial score (nSPS) is 17.4. The largest absolute Gasteiger partial charge is 0.491 e. The first-order valence-corrected chi connectivity index (χ1v) is 12.7. The van der Waals surface area contributed by atoms with Gasteiger partial charge >= 0.3 is 6.18 Å². The van der Waals surface area contributed by atoms with Gasteiger partial charge in [-0.15, -0.1) is 0 Å². The number of hydrogen-bond donors (Lipinski definition) is 2. The summed E-state index contributed by atoms with van der Waals surface area (Å²) in [5.74, 6) is -0.372. The molecule has 0 saturated carbocycles. The van der Waals surface area contributed by atoms with Gasteiger partial charge in [-0.3, -0.25) is 14.2 Å². The molecule has 3 aromatic heterocycles. The molecule has 0 spiro atoms. The van der Waals surface area contributed by atoms with Gasteiger partial charge in [-0.25, -0.2) is 24.4 Å². The van der Waals surface area contributed by atoms with Gasteiger partial charge in [0.15, 0.2) is 17.4 Å². The van der Waals surface area contributed by atoms with Crippen LogP contribution in [0.5, 0.6) is 5.75 Å². The molecule has 1 aliphatic heterocycles. The number of aromatic amines is 1. The summed E-state index contributed by atoms with van der Waals surface area (Å²) >= 11 is 0. The number of halogens is 4. The molecule has 0 bridgehead atoms. The molecule has 1 saturated heterocycles. The fourth-order valence-corrected chi connectivity index (χ4v) is 5.28. The van der Waals surface area contributed by atoms with E-state index in [0.29, 0.717) is 25.8 Å². The molecule has 3 N–H and O–H groups in total. The monoisotopic (exact) mass is 574 g/mol. The first-order chi connectivity index (χ1) is 19.5. The minimum Gasteiger partial charge on any atom is -0.491 e. The summed E-state index contributed by atoms with van der Waals surface area (Å²) in [4.78, 5) is 39.1. The minimum atomic E-state index is -4.84. The van der Waals surface area contributed by atoms with Crippen LogP contribution >= 0.6 is 0 Å². The van der Waals surface area contributed by atoms with Crippen molar-refractivity contribution in [3.05, 3.63) is 62.9 Å². The second-order valence-electron chi connectivity index (χ2n) is 9.99. The lowest BCUT2D eigenvalue weighted by Gasteiger charge is -2.28. The van der Waals surface area contributed by atoms with Gasteiger partial charge in [-0.1, -0.05) is 6.92 Å². The van der Waals surface area contributed by atoms with Gasteiger partial charge < -0.3 is 15.4 Å². The van der Waals surface area contributed by atoms with Crippen LogP contribution in [0, 0.1) is 11.7 Å². The van der Waals surface area contributed by atoms with E-state index in [9.17, 15) is 22.8 Å². The Kier molecular flexibility index (Phi) is 7.36. The number of ether oxygens (including phenoxy) is 1. The quantitative estimate of drug-likeness (QED) is 0.317. The molecule has 0 radical (unpaired) electrons. The number of nitrogens with one attached hydrogen (secondary N) is 1. The van der Waals surface area contributed by atoms with Crippen LogP contribution in [0.25, 0.3) is 22.3 Å². The second-order valence-corrected chi connectivity index (χ2v) is 9.99. The zero-order valence-corrected chi connectivity index (χ0v) is 22.1. The minimum absolute atomic E-state index is 0.00770. The first kappa shape index (κ1) is 28.0. The number of anilines is 2. The van der Waals surface area contributed by atoms with Gasteiger partial charge in [0.2, 0.25) is 0 Å². The van der Waals surface area contributed by atoms with Crippen molar-refractivity contribution in [2.24, 2.45) is 5.92 Å². The molecule has 2 atom stereocenters. The molecule has 5 rings (SSSR count). The molecular formula is C26H26F4N8O3. The molecule has 1 aromatic carbocycles. The molecule has 216 valence electrons. The van der Waals surface area contributed by atoms with E-state index in [2.05, 4.69) is 20.1 Å². The maximum absolute atomic E-state index is 15.0. The van der Waals surface area contributed by atoms with Crippen LogP contribution in [-0.2, 0) is 12.7 Å². The summed E-state index contributed by atoms with van der Waals surface area (Å²) in [6.07, 6.45) is 0.332. The molecule has 15 heteroatoms. The van der Waals surface area contributed by atoms with Crippen molar-refractivity contribution >= 4 is 22.4 Å². The molecule has 0 amide bonds. The average molecular weight is 575 g/mol. The van der Waals surface area contributed by atoms with Crippen LogP contribution in [0.4, 0.5) is 29.1 Å². The van der Waals surface area contributed by atoms with E-state index >= 15 is 4.39 Å². The first-order valence-electron chi connectivity index (χ1n) is 12.7. The Hall–Kier alpha value is -4.56. The summed E-state index contributed by atoms with van der Waals surface area (Å²) in [7, 11) is 1.40. The lowest BCUT2D eigenvalue weighted by atomic mass is 10.0. The van der Waals surface area contributed by atoms with E-state index in [1.807, 2.05) is 12.0 Å². The molecule has 1 aliphatic rings. The summed E-state index contributed by atoms with van der Waals surface area (Å²) < 4.78 is 62.4. The molecule has 0 aliphatic carbocycles. The van der Waals surface area contributed by atoms with Gasteiger partial charge in [0, 0.05) is 19.1 Å². The zero-order chi connectivity index (χ0) is 29.5. The smallest absolute Gasteiger partial charge is 0.423 e. The molecular weight excluding hydrogens is 548 g/mol. The maximum Gasteiger partial charge on any atom is 0.423 e. The third-order valence-electron chi connectivity index (χ3n) is 7.15. The Morgan fingerprint density at radius 2 is 1.98 bits per heavy atom. The van der Waals surface area contributed by atoms with E-state index in [4.69, 9.17) is 10.5 Å². The topological polar surface area (TPSA) is 145 Å². The SMILES string of the molecule is COc1cnc(-c2cc3ncn(CCC[C@@H]4C[C@@H](C)CN4c4cn[nH]c(=O)c4C(F)(F)F)c(=O)c3cc2F)nc1N. The van der Waals surface area contributed by atoms with Crippen LogP contribution in [0.3, 0.4) is 0 Å². The number of hydrogen-bond acceptors (Lipinski definition) is 9. The summed E-state index contributed by atoms with van der Waals surface area (Å²) in [6.45, 7) is 2.47. The predicted octanol–water partition coefficient (Wildman–Crippen LogP) is 3.38. The zero-order valence-electron chi connectivity index (χ0n) is 22.1. The third kappa shape index (κ3) is 5.43. The number of aromatic nitrogens is 6. The number of fused-ring (bicyclic) bond motifs is 1. The fourth-order valence-electron chi connectivity index (χ4n) is 5.28. The van der Waals surface area contributed by atoms with Crippen molar-refractivity contribution in [3.8, 4) is 17.1 Å². The van der Waals surface area contributed by atoms with Gasteiger partial charge in [-0.2, -0.15) is 18.3 Å². The number of nitrogens with two attached hydrogens (primary N) is 1. The van der Waals surface area contributed by atoms with Gasteiger partial charge in [0.05, 0.1) is 48.0 Å². The number of rotatable bonds is 7. The second kappa shape index (κ2) is 10.8. The predicted molar refractivity (Wildman–Crippen MR) is 142 cm³/mol. The van der Waals surface area contributed by atoms with E-state index in [1.54, 1.807) is 4.90 Å². The highest BCUT2D eigenvalue weighted by molar-refractivity contribution is 5.82. The fraction of sp³-hybridized carbons (Fsp3) is 0.385. The van der Waals surface area contributed by atoms with Crippen molar-refractivity contribution in [2.75, 3.05) is 24.3 Å². The number of nitrogen functional groups attached to an aromatic ring is 1. The molecule has 4 aromatic rings. The van der Waals surface area contributed by atoms with Crippen LogP contribution in [-0.4, -0.2) is 49.4 Å². The maximum atomic E-state index is 15.0.